The lowest BCUT2D eigenvalue weighted by Gasteiger charge is -2.55. The normalized spacial score (nSPS) is 27.3. The minimum Gasteiger partial charge on any atom is -0.497 e. The summed E-state index contributed by atoms with van der Waals surface area (Å²) in [6.45, 7) is 1.81. The summed E-state index contributed by atoms with van der Waals surface area (Å²) in [5.74, 6) is 2.49. The fourth-order valence-electron chi connectivity index (χ4n) is 4.74. The molecule has 0 spiro atoms. The van der Waals surface area contributed by atoms with Crippen LogP contribution in [0, 0.1) is 18.8 Å². The summed E-state index contributed by atoms with van der Waals surface area (Å²) >= 11 is 0. The first-order chi connectivity index (χ1) is 12.7. The Morgan fingerprint density at radius 1 is 1.19 bits per heavy atom. The highest BCUT2D eigenvalue weighted by Crippen LogP contribution is 2.54. The molecule has 2 aliphatic carbocycles. The molecule has 26 heavy (non-hydrogen) atoms. The first-order valence-electron chi connectivity index (χ1n) is 9.38. The lowest BCUT2D eigenvalue weighted by molar-refractivity contribution is -0.124. The molecule has 138 valence electrons. The van der Waals surface area contributed by atoms with E-state index in [0.29, 0.717) is 29.1 Å². The maximum atomic E-state index is 12.6. The van der Waals surface area contributed by atoms with E-state index in [4.69, 9.17) is 9.37 Å². The number of nitrogens with one attached hydrogen (secondary N) is 1. The molecule has 1 N–H and O–H groups in total. The molecule has 2 saturated carbocycles. The number of amides is 1. The molecule has 1 aromatic heterocycles. The predicted octanol–water partition coefficient (Wildman–Crippen LogP) is 3.02. The highest BCUT2D eigenvalue weighted by molar-refractivity contribution is 5.79. The SMILES string of the molecule is COc1ccc([C@H]2[C@@H]3CCCC[C@H]3[C@@H]2NC(=O)Cc2nonc2C)cc1. The number of methoxy groups -OCH3 is 1. The highest BCUT2D eigenvalue weighted by atomic mass is 16.6. The van der Waals surface area contributed by atoms with Crippen molar-refractivity contribution in [2.45, 2.75) is 51.0 Å². The van der Waals surface area contributed by atoms with Crippen molar-refractivity contribution in [3.63, 3.8) is 0 Å². The monoisotopic (exact) mass is 355 g/mol. The number of hydrogen-bond donors (Lipinski definition) is 1. The van der Waals surface area contributed by atoms with Gasteiger partial charge in [-0.2, -0.15) is 0 Å². The first-order valence-corrected chi connectivity index (χ1v) is 9.38. The van der Waals surface area contributed by atoms with E-state index in [0.717, 1.165) is 5.75 Å². The van der Waals surface area contributed by atoms with Crippen molar-refractivity contribution in [3.05, 3.63) is 41.2 Å². The number of nitrogens with zero attached hydrogens (tertiary/aromatic N) is 2. The van der Waals surface area contributed by atoms with Gasteiger partial charge >= 0.3 is 0 Å². The Morgan fingerprint density at radius 2 is 1.92 bits per heavy atom. The second kappa shape index (κ2) is 7.09. The Hall–Kier alpha value is -2.37. The van der Waals surface area contributed by atoms with E-state index in [-0.39, 0.29) is 18.4 Å². The van der Waals surface area contributed by atoms with Gasteiger partial charge in [-0.15, -0.1) is 0 Å². The number of carbonyl (C=O) groups is 1. The van der Waals surface area contributed by atoms with Gasteiger partial charge in [-0.25, -0.2) is 4.63 Å². The first kappa shape index (κ1) is 17.1. The maximum Gasteiger partial charge on any atom is 0.226 e. The van der Waals surface area contributed by atoms with Crippen LogP contribution >= 0.6 is 0 Å². The van der Waals surface area contributed by atoms with E-state index in [1.54, 1.807) is 14.0 Å². The van der Waals surface area contributed by atoms with Crippen molar-refractivity contribution in [1.29, 1.82) is 0 Å². The van der Waals surface area contributed by atoms with Crippen LogP contribution in [0.3, 0.4) is 0 Å². The van der Waals surface area contributed by atoms with Crippen molar-refractivity contribution in [3.8, 4) is 5.75 Å². The number of ether oxygens (including phenoxy) is 1. The van der Waals surface area contributed by atoms with E-state index in [2.05, 4.69) is 27.8 Å². The number of carbonyl (C=O) groups excluding carboxylic acids is 1. The maximum absolute atomic E-state index is 12.6. The number of hydrogen-bond acceptors (Lipinski definition) is 5. The van der Waals surface area contributed by atoms with Gasteiger partial charge in [0.25, 0.3) is 0 Å². The van der Waals surface area contributed by atoms with Crippen LogP contribution in [0.15, 0.2) is 28.9 Å². The molecule has 0 saturated heterocycles. The summed E-state index contributed by atoms with van der Waals surface area (Å²) in [7, 11) is 1.68. The number of benzene rings is 1. The molecule has 4 rings (SSSR count). The average molecular weight is 355 g/mol. The molecule has 0 aliphatic heterocycles. The molecule has 2 fully saturated rings. The van der Waals surface area contributed by atoms with Gasteiger partial charge < -0.3 is 10.1 Å². The van der Waals surface area contributed by atoms with E-state index in [1.165, 1.54) is 31.2 Å². The van der Waals surface area contributed by atoms with E-state index in [9.17, 15) is 4.79 Å². The number of aryl methyl sites for hydroxylation is 1. The summed E-state index contributed by atoms with van der Waals surface area (Å²) in [6.07, 6.45) is 5.22. The van der Waals surface area contributed by atoms with Crippen LogP contribution in [0.1, 0.15) is 48.6 Å². The third-order valence-electron chi connectivity index (χ3n) is 6.09. The number of fused-ring (bicyclic) bond motifs is 1. The number of rotatable bonds is 5. The Morgan fingerprint density at radius 3 is 2.58 bits per heavy atom. The van der Waals surface area contributed by atoms with Crippen molar-refractivity contribution in [2.24, 2.45) is 11.8 Å². The number of aromatic nitrogens is 2. The molecule has 2 aromatic rings. The molecule has 1 heterocycles. The molecule has 1 amide bonds. The molecule has 0 bridgehead atoms. The van der Waals surface area contributed by atoms with Crippen LogP contribution in [0.25, 0.3) is 0 Å². The van der Waals surface area contributed by atoms with Gasteiger partial charge in [0, 0.05) is 12.0 Å². The standard InChI is InChI=1S/C20H25N3O3/c1-12-17(23-26-22-12)11-18(24)21-20-16-6-4-3-5-15(16)19(20)13-7-9-14(25-2)10-8-13/h7-10,15-16,19-20H,3-6,11H2,1-2H3,(H,21,24)/t15-,16-,19+,20+/m1/s1. The fourth-order valence-corrected chi connectivity index (χ4v) is 4.74. The molecule has 1 aromatic carbocycles. The second-order valence-corrected chi connectivity index (χ2v) is 7.48. The zero-order valence-electron chi connectivity index (χ0n) is 15.3. The Balaban J connectivity index is 1.49. The Labute approximate surface area is 153 Å². The molecule has 0 radical (unpaired) electrons. The van der Waals surface area contributed by atoms with Crippen LogP contribution in [0.5, 0.6) is 5.75 Å². The third-order valence-corrected chi connectivity index (χ3v) is 6.09. The second-order valence-electron chi connectivity index (χ2n) is 7.48. The van der Waals surface area contributed by atoms with E-state index < -0.39 is 0 Å². The van der Waals surface area contributed by atoms with Gasteiger partial charge in [-0.1, -0.05) is 35.3 Å². The lowest BCUT2D eigenvalue weighted by atomic mass is 9.53. The lowest BCUT2D eigenvalue weighted by Crippen LogP contribution is -2.59. The highest BCUT2D eigenvalue weighted by Gasteiger charge is 2.51. The Bertz CT molecular complexity index is 771. The van der Waals surface area contributed by atoms with E-state index >= 15 is 0 Å². The van der Waals surface area contributed by atoms with Gasteiger partial charge in [0.15, 0.2) is 0 Å². The van der Waals surface area contributed by atoms with Crippen molar-refractivity contribution >= 4 is 5.91 Å². The molecular weight excluding hydrogens is 330 g/mol. The molecule has 4 atom stereocenters. The molecule has 2 aliphatic rings. The Kier molecular flexibility index (Phi) is 4.66. The van der Waals surface area contributed by atoms with Gasteiger partial charge in [-0.05, 0) is 49.3 Å². The quantitative estimate of drug-likeness (QED) is 0.892. The van der Waals surface area contributed by atoms with Crippen molar-refractivity contribution < 1.29 is 14.2 Å². The van der Waals surface area contributed by atoms with Gasteiger partial charge in [0.05, 0.1) is 13.5 Å². The van der Waals surface area contributed by atoms with Crippen LogP contribution in [0.2, 0.25) is 0 Å². The topological polar surface area (TPSA) is 77.2 Å². The van der Waals surface area contributed by atoms with Gasteiger partial charge in [-0.3, -0.25) is 4.79 Å². The summed E-state index contributed by atoms with van der Waals surface area (Å²) < 4.78 is 9.97. The van der Waals surface area contributed by atoms with E-state index in [1.807, 2.05) is 12.1 Å². The zero-order valence-corrected chi connectivity index (χ0v) is 15.3. The van der Waals surface area contributed by atoms with Crippen molar-refractivity contribution in [2.75, 3.05) is 7.11 Å². The predicted molar refractivity (Wildman–Crippen MR) is 95.9 cm³/mol. The smallest absolute Gasteiger partial charge is 0.226 e. The molecule has 6 nitrogen and oxygen atoms in total. The minimum absolute atomic E-state index is 0.00339. The zero-order chi connectivity index (χ0) is 18.1. The van der Waals surface area contributed by atoms with Gasteiger partial charge in [0.1, 0.15) is 17.1 Å². The minimum atomic E-state index is -0.00339. The fraction of sp³-hybridized carbons (Fsp3) is 0.550. The molecular formula is C20H25N3O3. The summed E-state index contributed by atoms with van der Waals surface area (Å²) in [5.41, 5.74) is 2.58. The van der Waals surface area contributed by atoms with Gasteiger partial charge in [0.2, 0.25) is 5.91 Å². The summed E-state index contributed by atoms with van der Waals surface area (Å²) in [5, 5.41) is 10.9. The molecule has 0 unspecified atom stereocenters. The van der Waals surface area contributed by atoms with Crippen LogP contribution in [0.4, 0.5) is 0 Å². The average Bonchev–Trinajstić information content (AvgIpc) is 3.05. The summed E-state index contributed by atoms with van der Waals surface area (Å²) in [6, 6.07) is 8.49. The largest absolute Gasteiger partial charge is 0.497 e. The molecule has 6 heteroatoms. The van der Waals surface area contributed by atoms with Crippen LogP contribution < -0.4 is 10.1 Å². The van der Waals surface area contributed by atoms with Crippen LogP contribution in [-0.4, -0.2) is 29.4 Å². The third kappa shape index (κ3) is 3.08. The van der Waals surface area contributed by atoms with Crippen molar-refractivity contribution in [1.82, 2.24) is 15.6 Å². The summed E-state index contributed by atoms with van der Waals surface area (Å²) in [4.78, 5) is 12.6. The van der Waals surface area contributed by atoms with Crippen LogP contribution in [-0.2, 0) is 11.2 Å².